The number of halogens is 1. The van der Waals surface area contributed by atoms with Gasteiger partial charge in [-0.3, -0.25) is 9.59 Å². The summed E-state index contributed by atoms with van der Waals surface area (Å²) in [4.78, 5) is 27.4. The molecule has 0 aliphatic heterocycles. The monoisotopic (exact) mass is 409 g/mol. The lowest BCUT2D eigenvalue weighted by Crippen LogP contribution is -2.52. The average Bonchev–Trinajstić information content (AvgIpc) is 3.58. The Morgan fingerprint density at radius 1 is 1.03 bits per heavy atom. The maximum absolute atomic E-state index is 13.1. The largest absolute Gasteiger partial charge is 0.334 e. The van der Waals surface area contributed by atoms with Crippen molar-refractivity contribution in [3.05, 3.63) is 65.5 Å². The normalized spacial score (nSPS) is 21.1. The van der Waals surface area contributed by atoms with Crippen LogP contribution < -0.4 is 11.1 Å². The van der Waals surface area contributed by atoms with Gasteiger partial charge < -0.3 is 16.0 Å². The van der Waals surface area contributed by atoms with Crippen LogP contribution in [0.15, 0.2) is 48.5 Å². The quantitative estimate of drug-likeness (QED) is 0.755. The Hall–Kier alpha value is -2.73. The van der Waals surface area contributed by atoms with Gasteiger partial charge in [-0.25, -0.2) is 4.39 Å². The van der Waals surface area contributed by atoms with Gasteiger partial charge in [0.15, 0.2) is 0 Å². The first-order chi connectivity index (χ1) is 14.5. The second-order valence-electron chi connectivity index (χ2n) is 8.42. The van der Waals surface area contributed by atoms with E-state index in [1.807, 2.05) is 29.2 Å². The van der Waals surface area contributed by atoms with Gasteiger partial charge in [0, 0.05) is 35.8 Å². The number of nitrogens with two attached hydrogens (primary N) is 1. The van der Waals surface area contributed by atoms with E-state index < -0.39 is 0 Å². The summed E-state index contributed by atoms with van der Waals surface area (Å²) in [5, 5.41) is 2.85. The zero-order chi connectivity index (χ0) is 21.1. The molecular formula is C24H28FN3O2. The zero-order valence-corrected chi connectivity index (χ0v) is 17.0. The van der Waals surface area contributed by atoms with Crippen molar-refractivity contribution in [2.24, 2.45) is 11.7 Å². The number of nitrogens with one attached hydrogen (secondary N) is 1. The lowest BCUT2D eigenvalue weighted by molar-refractivity contribution is -0.136. The maximum Gasteiger partial charge on any atom is 0.255 e. The summed E-state index contributed by atoms with van der Waals surface area (Å²) in [6.45, 7) is 0.494. The Kier molecular flexibility index (Phi) is 6.13. The molecule has 2 saturated carbocycles. The van der Waals surface area contributed by atoms with Gasteiger partial charge in [-0.2, -0.15) is 0 Å². The highest BCUT2D eigenvalue weighted by molar-refractivity contribution is 6.04. The number of benzene rings is 2. The van der Waals surface area contributed by atoms with Gasteiger partial charge in [-0.05, 0) is 67.6 Å². The van der Waals surface area contributed by atoms with Crippen molar-refractivity contribution in [1.82, 2.24) is 4.90 Å². The van der Waals surface area contributed by atoms with Gasteiger partial charge in [-0.1, -0.05) is 25.0 Å². The van der Waals surface area contributed by atoms with E-state index in [1.54, 1.807) is 0 Å². The maximum atomic E-state index is 13.1. The van der Waals surface area contributed by atoms with Crippen molar-refractivity contribution in [1.29, 1.82) is 0 Å². The molecule has 2 unspecified atom stereocenters. The molecule has 2 aromatic rings. The smallest absolute Gasteiger partial charge is 0.255 e. The molecule has 2 fully saturated rings. The average molecular weight is 410 g/mol. The summed E-state index contributed by atoms with van der Waals surface area (Å²) < 4.78 is 13.1. The van der Waals surface area contributed by atoms with E-state index in [1.165, 1.54) is 24.3 Å². The molecule has 0 radical (unpaired) electrons. The Balaban J connectivity index is 1.49. The molecule has 158 valence electrons. The number of hydrogen-bond acceptors (Lipinski definition) is 3. The Morgan fingerprint density at radius 3 is 2.47 bits per heavy atom. The van der Waals surface area contributed by atoms with Crippen LogP contribution in [0.3, 0.4) is 0 Å². The van der Waals surface area contributed by atoms with Crippen molar-refractivity contribution in [2.75, 3.05) is 5.32 Å². The first-order valence-corrected chi connectivity index (χ1v) is 10.7. The van der Waals surface area contributed by atoms with Crippen molar-refractivity contribution in [3.8, 4) is 0 Å². The summed E-state index contributed by atoms with van der Waals surface area (Å²) in [5.74, 6) is -0.333. The number of amides is 2. The van der Waals surface area contributed by atoms with Gasteiger partial charge in [0.25, 0.3) is 5.91 Å². The molecule has 5 nitrogen and oxygen atoms in total. The fourth-order valence-corrected chi connectivity index (χ4v) is 4.20. The highest BCUT2D eigenvalue weighted by atomic mass is 19.1. The molecule has 0 heterocycles. The number of rotatable bonds is 6. The van der Waals surface area contributed by atoms with Crippen molar-refractivity contribution >= 4 is 17.5 Å². The van der Waals surface area contributed by atoms with E-state index in [2.05, 4.69) is 5.32 Å². The first kappa shape index (κ1) is 20.5. The lowest BCUT2D eigenvalue weighted by atomic mass is 9.89. The molecule has 2 aromatic carbocycles. The van der Waals surface area contributed by atoms with E-state index >= 15 is 0 Å². The Morgan fingerprint density at radius 2 is 1.77 bits per heavy atom. The lowest BCUT2D eigenvalue weighted by Gasteiger charge is -2.38. The van der Waals surface area contributed by atoms with Gasteiger partial charge in [0.1, 0.15) is 5.82 Å². The minimum atomic E-state index is -0.380. The van der Waals surface area contributed by atoms with Crippen LogP contribution in [0.25, 0.3) is 0 Å². The third kappa shape index (κ3) is 4.87. The minimum absolute atomic E-state index is 0.0165. The van der Waals surface area contributed by atoms with Crippen molar-refractivity contribution < 1.29 is 14.0 Å². The van der Waals surface area contributed by atoms with Crippen LogP contribution in [-0.4, -0.2) is 28.8 Å². The molecule has 3 N–H and O–H groups in total. The zero-order valence-electron chi connectivity index (χ0n) is 17.0. The topological polar surface area (TPSA) is 75.4 Å². The van der Waals surface area contributed by atoms with Gasteiger partial charge in [-0.15, -0.1) is 0 Å². The highest BCUT2D eigenvalue weighted by Crippen LogP contribution is 2.34. The summed E-state index contributed by atoms with van der Waals surface area (Å²) >= 11 is 0. The van der Waals surface area contributed by atoms with Crippen LogP contribution in [0.2, 0.25) is 0 Å². The fraction of sp³-hybridized carbons (Fsp3) is 0.417. The van der Waals surface area contributed by atoms with Crippen molar-refractivity contribution in [2.45, 2.75) is 57.2 Å². The Bertz CT molecular complexity index is 911. The van der Waals surface area contributed by atoms with Gasteiger partial charge >= 0.3 is 0 Å². The van der Waals surface area contributed by atoms with Crippen LogP contribution in [0.4, 0.5) is 10.1 Å². The minimum Gasteiger partial charge on any atom is -0.334 e. The number of nitrogens with zero attached hydrogens (tertiary/aromatic N) is 1. The number of hydrogen-bond donors (Lipinski definition) is 2. The van der Waals surface area contributed by atoms with Gasteiger partial charge in [0.05, 0.1) is 0 Å². The molecule has 0 bridgehead atoms. The molecular weight excluding hydrogens is 381 g/mol. The molecule has 6 heteroatoms. The number of carbonyl (C=O) groups is 2. The molecule has 2 atom stereocenters. The third-order valence-corrected chi connectivity index (χ3v) is 6.04. The second kappa shape index (κ2) is 8.96. The second-order valence-corrected chi connectivity index (χ2v) is 8.42. The predicted molar refractivity (Wildman–Crippen MR) is 114 cm³/mol. The van der Waals surface area contributed by atoms with Crippen LogP contribution in [0.1, 0.15) is 54.4 Å². The Labute approximate surface area is 176 Å². The van der Waals surface area contributed by atoms with Gasteiger partial charge in [0.2, 0.25) is 5.91 Å². The predicted octanol–water partition coefficient (Wildman–Crippen LogP) is 4.09. The van der Waals surface area contributed by atoms with E-state index in [4.69, 9.17) is 5.73 Å². The van der Waals surface area contributed by atoms with Crippen LogP contribution in [0.5, 0.6) is 0 Å². The standard InChI is InChI=1S/C24H28FN3O2/c25-19-12-10-17(11-13-19)23(29)27-20-5-3-4-16(14-20)15-28(24(30)18-8-9-18)22-7-2-1-6-21(22)26/h3-5,10-14,18,21-22H,1-2,6-9,15,26H2,(H,27,29). The number of carbonyl (C=O) groups excluding carboxylic acids is 2. The van der Waals surface area contributed by atoms with E-state index in [0.29, 0.717) is 17.8 Å². The van der Waals surface area contributed by atoms with Crippen LogP contribution in [0, 0.1) is 11.7 Å². The molecule has 0 aromatic heterocycles. The summed E-state index contributed by atoms with van der Waals surface area (Å²) in [6.07, 6.45) is 6.04. The highest BCUT2D eigenvalue weighted by Gasteiger charge is 2.38. The summed E-state index contributed by atoms with van der Waals surface area (Å²) in [6, 6.07) is 13.1. The van der Waals surface area contributed by atoms with E-state index in [9.17, 15) is 14.0 Å². The molecule has 30 heavy (non-hydrogen) atoms. The molecule has 0 saturated heterocycles. The first-order valence-electron chi connectivity index (χ1n) is 10.7. The van der Waals surface area contributed by atoms with E-state index in [0.717, 1.165) is 44.1 Å². The third-order valence-electron chi connectivity index (χ3n) is 6.04. The molecule has 4 rings (SSSR count). The molecule has 0 spiro atoms. The summed E-state index contributed by atoms with van der Waals surface area (Å²) in [5.41, 5.74) is 8.38. The van der Waals surface area contributed by atoms with Crippen LogP contribution in [-0.2, 0) is 11.3 Å². The SMILES string of the molecule is NC1CCCCC1N(Cc1cccc(NC(=O)c2ccc(F)cc2)c1)C(=O)C1CC1. The van der Waals surface area contributed by atoms with Crippen molar-refractivity contribution in [3.63, 3.8) is 0 Å². The summed E-state index contributed by atoms with van der Waals surface area (Å²) in [7, 11) is 0. The van der Waals surface area contributed by atoms with E-state index in [-0.39, 0.29) is 35.6 Å². The molecule has 2 amide bonds. The number of anilines is 1. The van der Waals surface area contributed by atoms with Crippen LogP contribution >= 0.6 is 0 Å². The molecule has 2 aliphatic rings. The molecule has 2 aliphatic carbocycles. The fourth-order valence-electron chi connectivity index (χ4n) is 4.20.